The summed E-state index contributed by atoms with van der Waals surface area (Å²) in [6, 6.07) is 13.0. The van der Waals surface area contributed by atoms with Crippen molar-refractivity contribution in [3.05, 3.63) is 64.5 Å². The number of aromatic nitrogens is 2. The second kappa shape index (κ2) is 7.36. The van der Waals surface area contributed by atoms with Crippen LogP contribution in [-0.2, 0) is 11.2 Å². The highest BCUT2D eigenvalue weighted by molar-refractivity contribution is 7.17. The van der Waals surface area contributed by atoms with Crippen molar-refractivity contribution in [3.63, 3.8) is 0 Å². The van der Waals surface area contributed by atoms with Crippen LogP contribution in [0, 0.1) is 0 Å². The van der Waals surface area contributed by atoms with E-state index in [0.717, 1.165) is 16.1 Å². The fourth-order valence-electron chi connectivity index (χ4n) is 2.91. The third-order valence-corrected chi connectivity index (χ3v) is 5.27. The highest BCUT2D eigenvalue weighted by Crippen LogP contribution is 2.31. The highest BCUT2D eigenvalue weighted by atomic mass is 32.1. The van der Waals surface area contributed by atoms with Crippen molar-refractivity contribution in [1.82, 2.24) is 10.2 Å². The summed E-state index contributed by atoms with van der Waals surface area (Å²) in [5.41, 5.74) is 2.22. The Morgan fingerprint density at radius 2 is 1.89 bits per heavy atom. The average Bonchev–Trinajstić information content (AvgIpc) is 3.18. The summed E-state index contributed by atoms with van der Waals surface area (Å²) in [7, 11) is 0. The maximum Gasteiger partial charge on any atom is 0.308 e. The lowest BCUT2D eigenvalue weighted by atomic mass is 10.1. The molecule has 0 bridgehead atoms. The summed E-state index contributed by atoms with van der Waals surface area (Å²) in [4.78, 5) is 24.4. The zero-order valence-corrected chi connectivity index (χ0v) is 16.1. The number of esters is 1. The van der Waals surface area contributed by atoms with Crippen molar-refractivity contribution in [3.8, 4) is 26.9 Å². The van der Waals surface area contributed by atoms with Crippen LogP contribution in [-0.4, -0.2) is 16.2 Å². The van der Waals surface area contributed by atoms with E-state index in [4.69, 9.17) is 9.15 Å². The lowest BCUT2D eigenvalue weighted by Gasteiger charge is -2.09. The second-order valence-electron chi connectivity index (χ2n) is 6.16. The number of aryl methyl sites for hydroxylation is 1. The Balaban J connectivity index is 1.81. The van der Waals surface area contributed by atoms with Gasteiger partial charge in [-0.3, -0.25) is 9.59 Å². The molecule has 0 amide bonds. The summed E-state index contributed by atoms with van der Waals surface area (Å²) in [5, 5.41) is 10.0. The molecule has 0 radical (unpaired) electrons. The van der Waals surface area contributed by atoms with Crippen LogP contribution >= 0.6 is 11.3 Å². The van der Waals surface area contributed by atoms with Crippen LogP contribution in [0.1, 0.15) is 19.4 Å². The molecule has 0 N–H and O–H groups in total. The molecular weight excluding hydrogens is 376 g/mol. The predicted molar refractivity (Wildman–Crippen MR) is 108 cm³/mol. The number of carbonyl (C=O) groups is 1. The van der Waals surface area contributed by atoms with Gasteiger partial charge in [-0.1, -0.05) is 48.6 Å². The third-order valence-electron chi connectivity index (χ3n) is 4.27. The Kier molecular flexibility index (Phi) is 4.75. The normalized spacial score (nSPS) is 10.9. The number of benzene rings is 2. The molecule has 7 heteroatoms. The minimum atomic E-state index is -0.421. The average molecular weight is 392 g/mol. The van der Waals surface area contributed by atoms with Crippen molar-refractivity contribution in [2.24, 2.45) is 0 Å². The molecule has 0 spiro atoms. The van der Waals surface area contributed by atoms with Crippen LogP contribution in [0.25, 0.3) is 32.1 Å². The topological polar surface area (TPSA) is 82.3 Å². The van der Waals surface area contributed by atoms with Crippen LogP contribution in [0.15, 0.2) is 57.9 Å². The molecule has 0 atom stereocenters. The largest absolute Gasteiger partial charge is 0.463 e. The van der Waals surface area contributed by atoms with Gasteiger partial charge >= 0.3 is 5.97 Å². The van der Waals surface area contributed by atoms with E-state index in [0.29, 0.717) is 33.7 Å². The van der Waals surface area contributed by atoms with E-state index in [9.17, 15) is 9.59 Å². The molecular formula is C21H16N2O4S. The van der Waals surface area contributed by atoms with Crippen molar-refractivity contribution in [2.45, 2.75) is 20.3 Å². The number of hydrogen-bond acceptors (Lipinski definition) is 7. The molecule has 2 aromatic carbocycles. The molecule has 28 heavy (non-hydrogen) atoms. The molecule has 0 fully saturated rings. The van der Waals surface area contributed by atoms with Gasteiger partial charge in [0, 0.05) is 18.6 Å². The zero-order valence-electron chi connectivity index (χ0n) is 15.3. The fraction of sp³-hybridized carbons (Fsp3) is 0.143. The summed E-state index contributed by atoms with van der Waals surface area (Å²) >= 11 is 1.33. The Morgan fingerprint density at radius 1 is 1.14 bits per heavy atom. The minimum absolute atomic E-state index is 0.193. The van der Waals surface area contributed by atoms with E-state index in [2.05, 4.69) is 10.2 Å². The Bertz CT molecular complexity index is 1230. The summed E-state index contributed by atoms with van der Waals surface area (Å²) < 4.78 is 10.9. The smallest absolute Gasteiger partial charge is 0.308 e. The first kappa shape index (κ1) is 18.1. The maximum absolute atomic E-state index is 13.0. The number of ether oxygens (including phenoxy) is 1. The molecule has 4 rings (SSSR count). The standard InChI is InChI=1S/C21H16N2O4S/c1-3-13-9-15-18(10-17(13)27-12(2)24)26-11-16(19(15)25)21-23-22-20(28-21)14-7-5-4-6-8-14/h4-11H,3H2,1-2H3. The van der Waals surface area contributed by atoms with Gasteiger partial charge in [-0.05, 0) is 18.1 Å². The Labute approximate surface area is 164 Å². The van der Waals surface area contributed by atoms with Crippen LogP contribution in [0.2, 0.25) is 0 Å². The summed E-state index contributed by atoms with van der Waals surface area (Å²) in [6.45, 7) is 3.26. The van der Waals surface area contributed by atoms with Crippen LogP contribution < -0.4 is 10.2 Å². The van der Waals surface area contributed by atoms with Gasteiger partial charge in [0.1, 0.15) is 22.6 Å². The van der Waals surface area contributed by atoms with Gasteiger partial charge in [0.15, 0.2) is 5.01 Å². The maximum atomic E-state index is 13.0. The van der Waals surface area contributed by atoms with Crippen molar-refractivity contribution in [2.75, 3.05) is 0 Å². The lowest BCUT2D eigenvalue weighted by molar-refractivity contribution is -0.131. The summed E-state index contributed by atoms with van der Waals surface area (Å²) in [5.74, 6) is -0.0176. The van der Waals surface area contributed by atoms with Gasteiger partial charge in [-0.2, -0.15) is 0 Å². The number of fused-ring (bicyclic) bond motifs is 1. The highest BCUT2D eigenvalue weighted by Gasteiger charge is 2.17. The summed E-state index contributed by atoms with van der Waals surface area (Å²) in [6.07, 6.45) is 1.99. The molecule has 4 aromatic rings. The molecule has 0 saturated heterocycles. The van der Waals surface area contributed by atoms with Gasteiger partial charge in [0.25, 0.3) is 0 Å². The van der Waals surface area contributed by atoms with E-state index < -0.39 is 5.97 Å². The third kappa shape index (κ3) is 3.32. The molecule has 140 valence electrons. The van der Waals surface area contributed by atoms with Crippen molar-refractivity contribution >= 4 is 28.3 Å². The second-order valence-corrected chi connectivity index (χ2v) is 7.14. The Morgan fingerprint density at radius 3 is 2.61 bits per heavy atom. The van der Waals surface area contributed by atoms with Gasteiger partial charge in [-0.15, -0.1) is 10.2 Å². The van der Waals surface area contributed by atoms with Gasteiger partial charge < -0.3 is 9.15 Å². The molecule has 6 nitrogen and oxygen atoms in total. The monoisotopic (exact) mass is 392 g/mol. The van der Waals surface area contributed by atoms with E-state index in [1.54, 1.807) is 12.1 Å². The van der Waals surface area contributed by atoms with Gasteiger partial charge in [0.2, 0.25) is 5.43 Å². The van der Waals surface area contributed by atoms with E-state index in [1.807, 2.05) is 37.3 Å². The van der Waals surface area contributed by atoms with E-state index in [-0.39, 0.29) is 5.43 Å². The number of nitrogens with zero attached hydrogens (tertiary/aromatic N) is 2. The molecule has 0 saturated carbocycles. The lowest BCUT2D eigenvalue weighted by Crippen LogP contribution is -2.08. The van der Waals surface area contributed by atoms with Crippen molar-refractivity contribution < 1.29 is 13.9 Å². The quantitative estimate of drug-likeness (QED) is 0.376. The first-order chi connectivity index (χ1) is 13.6. The zero-order chi connectivity index (χ0) is 19.7. The molecule has 0 unspecified atom stereocenters. The number of carbonyl (C=O) groups excluding carboxylic acids is 1. The van der Waals surface area contributed by atoms with E-state index >= 15 is 0 Å². The molecule has 0 aliphatic rings. The molecule has 0 aliphatic heterocycles. The first-order valence-corrected chi connectivity index (χ1v) is 9.54. The van der Waals surface area contributed by atoms with Gasteiger partial charge in [0.05, 0.1) is 10.9 Å². The Hall–Kier alpha value is -3.32. The fourth-order valence-corrected chi connectivity index (χ4v) is 3.76. The van der Waals surface area contributed by atoms with Crippen LogP contribution in [0.5, 0.6) is 5.75 Å². The first-order valence-electron chi connectivity index (χ1n) is 8.73. The van der Waals surface area contributed by atoms with Crippen LogP contribution in [0.4, 0.5) is 0 Å². The molecule has 0 aliphatic carbocycles. The molecule has 2 aromatic heterocycles. The SMILES string of the molecule is CCc1cc2c(=O)c(-c3nnc(-c4ccccc4)s3)coc2cc1OC(C)=O. The van der Waals surface area contributed by atoms with Gasteiger partial charge in [-0.25, -0.2) is 0 Å². The minimum Gasteiger partial charge on any atom is -0.463 e. The number of rotatable bonds is 4. The van der Waals surface area contributed by atoms with E-state index in [1.165, 1.54) is 24.5 Å². The molecule has 2 heterocycles. The van der Waals surface area contributed by atoms with Crippen molar-refractivity contribution in [1.29, 1.82) is 0 Å². The number of hydrogen-bond donors (Lipinski definition) is 0. The van der Waals surface area contributed by atoms with Crippen LogP contribution in [0.3, 0.4) is 0 Å². The predicted octanol–water partition coefficient (Wildman–Crippen LogP) is 4.47.